The standard InChI is InChI=1S/C20H20N4O/c1-2-14-12-18(24-20(22-14)16-9-5-6-10-21-16)23-19-15-8-4-3-7-13(15)11-17(19)25/h3-10,12,17,19,25H,2,11H2,1H3,(H,22,23,24)/t17-,19+/m1/s1. The Kier molecular flexibility index (Phi) is 4.15. The molecule has 5 heteroatoms. The zero-order chi connectivity index (χ0) is 17.2. The normalized spacial score (nSPS) is 18.8. The molecule has 2 atom stereocenters. The molecule has 1 aliphatic carbocycles. The first-order chi connectivity index (χ1) is 12.2. The SMILES string of the molecule is CCc1cc(N[C@H]2c3ccccc3C[C@H]2O)nc(-c2ccccn2)n1. The predicted molar refractivity (Wildman–Crippen MR) is 97.2 cm³/mol. The van der Waals surface area contributed by atoms with Crippen LogP contribution in [0.1, 0.15) is 29.8 Å². The number of aliphatic hydroxyl groups excluding tert-OH is 1. The maximum absolute atomic E-state index is 10.5. The average molecular weight is 332 g/mol. The maximum atomic E-state index is 10.5. The Balaban J connectivity index is 1.69. The minimum atomic E-state index is -0.462. The van der Waals surface area contributed by atoms with Crippen molar-refractivity contribution < 1.29 is 5.11 Å². The molecule has 0 spiro atoms. The first-order valence-corrected chi connectivity index (χ1v) is 8.56. The van der Waals surface area contributed by atoms with Gasteiger partial charge in [-0.05, 0) is 29.7 Å². The van der Waals surface area contributed by atoms with Crippen LogP contribution in [0.3, 0.4) is 0 Å². The third-order valence-electron chi connectivity index (χ3n) is 4.54. The van der Waals surface area contributed by atoms with Gasteiger partial charge < -0.3 is 10.4 Å². The van der Waals surface area contributed by atoms with Gasteiger partial charge in [0.1, 0.15) is 11.5 Å². The van der Waals surface area contributed by atoms with E-state index < -0.39 is 6.10 Å². The van der Waals surface area contributed by atoms with Crippen molar-refractivity contribution in [1.82, 2.24) is 15.0 Å². The number of anilines is 1. The molecule has 0 saturated carbocycles. The molecular formula is C20H20N4O. The van der Waals surface area contributed by atoms with Crippen LogP contribution in [0.2, 0.25) is 0 Å². The van der Waals surface area contributed by atoms with Gasteiger partial charge >= 0.3 is 0 Å². The summed E-state index contributed by atoms with van der Waals surface area (Å²) >= 11 is 0. The van der Waals surface area contributed by atoms with Crippen LogP contribution in [0, 0.1) is 0 Å². The van der Waals surface area contributed by atoms with Crippen LogP contribution in [0.15, 0.2) is 54.7 Å². The molecular weight excluding hydrogens is 312 g/mol. The third kappa shape index (κ3) is 3.10. The highest BCUT2D eigenvalue weighted by Crippen LogP contribution is 2.34. The van der Waals surface area contributed by atoms with Crippen molar-refractivity contribution in [2.75, 3.05) is 5.32 Å². The van der Waals surface area contributed by atoms with Gasteiger partial charge in [0.2, 0.25) is 0 Å². The van der Waals surface area contributed by atoms with E-state index in [0.717, 1.165) is 23.4 Å². The Hall–Kier alpha value is -2.79. The molecule has 5 nitrogen and oxygen atoms in total. The lowest BCUT2D eigenvalue weighted by Crippen LogP contribution is -2.22. The quantitative estimate of drug-likeness (QED) is 0.768. The fraction of sp³-hybridized carbons (Fsp3) is 0.250. The van der Waals surface area contributed by atoms with Crippen molar-refractivity contribution in [1.29, 1.82) is 0 Å². The second-order valence-corrected chi connectivity index (χ2v) is 6.23. The molecule has 1 aliphatic rings. The fourth-order valence-electron chi connectivity index (χ4n) is 3.27. The van der Waals surface area contributed by atoms with Gasteiger partial charge in [-0.3, -0.25) is 4.98 Å². The van der Waals surface area contributed by atoms with Crippen molar-refractivity contribution in [3.05, 3.63) is 71.5 Å². The number of nitrogens with one attached hydrogen (secondary N) is 1. The summed E-state index contributed by atoms with van der Waals surface area (Å²) in [6, 6.07) is 15.6. The molecule has 4 rings (SSSR count). The zero-order valence-corrected chi connectivity index (χ0v) is 14.1. The van der Waals surface area contributed by atoms with Gasteiger partial charge in [0.15, 0.2) is 5.82 Å². The van der Waals surface area contributed by atoms with Crippen molar-refractivity contribution >= 4 is 5.82 Å². The van der Waals surface area contributed by atoms with Gasteiger partial charge in [-0.1, -0.05) is 37.3 Å². The molecule has 0 radical (unpaired) electrons. The Labute approximate surface area is 146 Å². The summed E-state index contributed by atoms with van der Waals surface area (Å²) in [5, 5.41) is 13.9. The summed E-state index contributed by atoms with van der Waals surface area (Å²) in [6.07, 6.45) is 2.74. The molecule has 0 bridgehead atoms. The Bertz CT molecular complexity index is 882. The lowest BCUT2D eigenvalue weighted by molar-refractivity contribution is 0.165. The number of hydrogen-bond acceptors (Lipinski definition) is 5. The number of aliphatic hydroxyl groups is 1. The zero-order valence-electron chi connectivity index (χ0n) is 14.1. The summed E-state index contributed by atoms with van der Waals surface area (Å²) in [4.78, 5) is 13.6. The van der Waals surface area contributed by atoms with E-state index in [0.29, 0.717) is 18.1 Å². The molecule has 1 aromatic carbocycles. The second kappa shape index (κ2) is 6.61. The smallest absolute Gasteiger partial charge is 0.180 e. The number of nitrogens with zero attached hydrogens (tertiary/aromatic N) is 3. The Morgan fingerprint density at radius 3 is 2.76 bits per heavy atom. The van der Waals surface area contributed by atoms with Crippen LogP contribution in [0.5, 0.6) is 0 Å². The average Bonchev–Trinajstić information content (AvgIpc) is 2.97. The minimum absolute atomic E-state index is 0.160. The summed E-state index contributed by atoms with van der Waals surface area (Å²) in [7, 11) is 0. The van der Waals surface area contributed by atoms with E-state index in [1.807, 2.05) is 36.4 Å². The highest BCUT2D eigenvalue weighted by atomic mass is 16.3. The number of aromatic nitrogens is 3. The summed E-state index contributed by atoms with van der Waals surface area (Å²) in [6.45, 7) is 2.06. The van der Waals surface area contributed by atoms with Crippen molar-refractivity contribution in [2.24, 2.45) is 0 Å². The van der Waals surface area contributed by atoms with Gasteiger partial charge in [0.25, 0.3) is 0 Å². The van der Waals surface area contributed by atoms with Crippen LogP contribution >= 0.6 is 0 Å². The van der Waals surface area contributed by atoms with Crippen molar-refractivity contribution in [3.8, 4) is 11.5 Å². The van der Waals surface area contributed by atoms with Crippen LogP contribution in [0.25, 0.3) is 11.5 Å². The van der Waals surface area contributed by atoms with Crippen LogP contribution < -0.4 is 5.32 Å². The van der Waals surface area contributed by atoms with Crippen molar-refractivity contribution in [2.45, 2.75) is 31.9 Å². The van der Waals surface area contributed by atoms with Gasteiger partial charge in [-0.2, -0.15) is 0 Å². The first kappa shape index (κ1) is 15.7. The Morgan fingerprint density at radius 1 is 1.12 bits per heavy atom. The summed E-state index contributed by atoms with van der Waals surface area (Å²) in [5.74, 6) is 1.32. The number of benzene rings is 1. The summed E-state index contributed by atoms with van der Waals surface area (Å²) < 4.78 is 0. The van der Waals surface area contributed by atoms with Gasteiger partial charge in [0.05, 0.1) is 12.1 Å². The van der Waals surface area contributed by atoms with Crippen LogP contribution in [-0.2, 0) is 12.8 Å². The van der Waals surface area contributed by atoms with E-state index >= 15 is 0 Å². The third-order valence-corrected chi connectivity index (χ3v) is 4.54. The largest absolute Gasteiger partial charge is 0.390 e. The molecule has 2 N–H and O–H groups in total. The molecule has 3 aromatic rings. The highest BCUT2D eigenvalue weighted by molar-refractivity contribution is 5.54. The highest BCUT2D eigenvalue weighted by Gasteiger charge is 2.31. The maximum Gasteiger partial charge on any atom is 0.180 e. The number of rotatable bonds is 4. The van der Waals surface area contributed by atoms with Crippen LogP contribution in [-0.4, -0.2) is 26.2 Å². The first-order valence-electron chi connectivity index (χ1n) is 8.56. The monoisotopic (exact) mass is 332 g/mol. The number of aryl methyl sites for hydroxylation is 1. The molecule has 0 saturated heterocycles. The molecule has 2 aromatic heterocycles. The molecule has 2 heterocycles. The number of pyridine rings is 1. The predicted octanol–water partition coefficient (Wildman–Crippen LogP) is 3.17. The molecule has 0 fully saturated rings. The summed E-state index contributed by atoms with van der Waals surface area (Å²) in [5.41, 5.74) is 4.00. The number of fused-ring (bicyclic) bond motifs is 1. The van der Waals surface area contributed by atoms with E-state index in [4.69, 9.17) is 0 Å². The van der Waals surface area contributed by atoms with Gasteiger partial charge in [-0.25, -0.2) is 9.97 Å². The topological polar surface area (TPSA) is 70.9 Å². The van der Waals surface area contributed by atoms with E-state index in [-0.39, 0.29) is 6.04 Å². The molecule has 0 unspecified atom stereocenters. The molecule has 0 aliphatic heterocycles. The van der Waals surface area contributed by atoms with Crippen molar-refractivity contribution in [3.63, 3.8) is 0 Å². The Morgan fingerprint density at radius 2 is 1.96 bits per heavy atom. The minimum Gasteiger partial charge on any atom is -0.390 e. The van der Waals surface area contributed by atoms with Crippen LogP contribution in [0.4, 0.5) is 5.82 Å². The lowest BCUT2D eigenvalue weighted by Gasteiger charge is -2.19. The van der Waals surface area contributed by atoms with E-state index in [2.05, 4.69) is 39.3 Å². The van der Waals surface area contributed by atoms with Gasteiger partial charge in [-0.15, -0.1) is 0 Å². The lowest BCUT2D eigenvalue weighted by atomic mass is 10.1. The van der Waals surface area contributed by atoms with E-state index in [1.54, 1.807) is 6.20 Å². The number of hydrogen-bond donors (Lipinski definition) is 2. The van der Waals surface area contributed by atoms with Gasteiger partial charge in [0, 0.05) is 24.4 Å². The molecule has 126 valence electrons. The fourth-order valence-corrected chi connectivity index (χ4v) is 3.27. The molecule has 25 heavy (non-hydrogen) atoms. The second-order valence-electron chi connectivity index (χ2n) is 6.23. The molecule has 0 amide bonds. The van der Waals surface area contributed by atoms with E-state index in [9.17, 15) is 5.11 Å². The van der Waals surface area contributed by atoms with E-state index in [1.165, 1.54) is 5.56 Å².